The monoisotopic (exact) mass is 387 g/mol. The Balaban J connectivity index is 1.72. The van der Waals surface area contributed by atoms with E-state index in [4.69, 9.17) is 9.47 Å². The molecule has 0 saturated heterocycles. The van der Waals surface area contributed by atoms with E-state index in [1.165, 1.54) is 55.2 Å². The van der Waals surface area contributed by atoms with Gasteiger partial charge in [-0.1, -0.05) is 51.3 Å². The van der Waals surface area contributed by atoms with E-state index in [1.54, 1.807) is 0 Å². The Labute approximate surface area is 172 Å². The van der Waals surface area contributed by atoms with Crippen molar-refractivity contribution in [3.63, 3.8) is 0 Å². The summed E-state index contributed by atoms with van der Waals surface area (Å²) in [5.74, 6) is 3.00. The molecule has 0 amide bonds. The van der Waals surface area contributed by atoms with Crippen molar-refractivity contribution in [2.24, 2.45) is 5.92 Å². The zero-order chi connectivity index (χ0) is 20.1. The number of benzene rings is 1. The van der Waals surface area contributed by atoms with Gasteiger partial charge in [-0.05, 0) is 68.4 Å². The van der Waals surface area contributed by atoms with E-state index in [0.717, 1.165) is 24.8 Å². The van der Waals surface area contributed by atoms with Crippen LogP contribution in [0, 0.1) is 12.8 Å². The molecule has 0 spiro atoms. The summed E-state index contributed by atoms with van der Waals surface area (Å²) in [4.78, 5) is 0. The van der Waals surface area contributed by atoms with Crippen molar-refractivity contribution in [1.82, 2.24) is 5.32 Å². The van der Waals surface area contributed by atoms with Gasteiger partial charge in [-0.15, -0.1) is 0 Å². The van der Waals surface area contributed by atoms with Gasteiger partial charge in [0.25, 0.3) is 0 Å². The number of hydrogen-bond donors (Lipinski definition) is 1. The lowest BCUT2D eigenvalue weighted by Gasteiger charge is -2.26. The molecule has 1 aromatic carbocycles. The van der Waals surface area contributed by atoms with Gasteiger partial charge >= 0.3 is 0 Å². The third kappa shape index (κ3) is 5.73. The molecular weight excluding hydrogens is 346 g/mol. The summed E-state index contributed by atoms with van der Waals surface area (Å²) in [5, 5.41) is 3.71. The molecule has 3 heteroatoms. The van der Waals surface area contributed by atoms with Gasteiger partial charge in [-0.2, -0.15) is 0 Å². The largest absolute Gasteiger partial charge is 0.490 e. The lowest BCUT2D eigenvalue weighted by Crippen LogP contribution is -2.38. The average Bonchev–Trinajstić information content (AvgIpc) is 3.39. The lowest BCUT2D eigenvalue weighted by atomic mass is 9.88. The highest BCUT2D eigenvalue weighted by atomic mass is 16.5. The second kappa shape index (κ2) is 10.1. The fourth-order valence-electron chi connectivity index (χ4n) is 4.62. The van der Waals surface area contributed by atoms with Crippen LogP contribution in [0.5, 0.6) is 5.75 Å². The molecule has 0 heterocycles. The molecule has 158 valence electrons. The van der Waals surface area contributed by atoms with E-state index < -0.39 is 0 Å². The molecule has 0 aromatic heterocycles. The number of hydrogen-bond acceptors (Lipinski definition) is 3. The maximum absolute atomic E-state index is 6.55. The van der Waals surface area contributed by atoms with Crippen molar-refractivity contribution < 1.29 is 9.47 Å². The minimum atomic E-state index is 0.107. The molecule has 2 atom stereocenters. The van der Waals surface area contributed by atoms with Crippen LogP contribution in [0.3, 0.4) is 0 Å². The summed E-state index contributed by atoms with van der Waals surface area (Å²) < 4.78 is 12.6. The highest BCUT2D eigenvalue weighted by Gasteiger charge is 2.32. The van der Waals surface area contributed by atoms with Crippen molar-refractivity contribution >= 4 is 0 Å². The number of aryl methyl sites for hydroxylation is 1. The standard InChI is InChI=1S/C25H41NO2/c1-6-27-22(15-26-21-9-7-8-10-21)16-28-25-23(17(2)3)13-18(4)14-24(25)19(5)20-11-12-20/h13-14,17,19-22,26H,6-12,15-16H2,1-5H3. The van der Waals surface area contributed by atoms with Crippen LogP contribution in [0.1, 0.15) is 94.7 Å². The first-order valence-corrected chi connectivity index (χ1v) is 11.6. The summed E-state index contributed by atoms with van der Waals surface area (Å²) in [7, 11) is 0. The molecule has 2 unspecified atom stereocenters. The highest BCUT2D eigenvalue weighted by Crippen LogP contribution is 2.47. The fourth-order valence-corrected chi connectivity index (χ4v) is 4.62. The minimum absolute atomic E-state index is 0.107. The van der Waals surface area contributed by atoms with E-state index in [0.29, 0.717) is 24.5 Å². The Kier molecular flexibility index (Phi) is 7.82. The van der Waals surface area contributed by atoms with Crippen molar-refractivity contribution in [2.45, 2.75) is 97.1 Å². The molecule has 2 aliphatic carbocycles. The number of ether oxygens (including phenoxy) is 2. The van der Waals surface area contributed by atoms with Crippen LogP contribution in [0.4, 0.5) is 0 Å². The maximum Gasteiger partial charge on any atom is 0.126 e. The van der Waals surface area contributed by atoms with Gasteiger partial charge in [-0.25, -0.2) is 0 Å². The van der Waals surface area contributed by atoms with Crippen molar-refractivity contribution in [3.05, 3.63) is 28.8 Å². The van der Waals surface area contributed by atoms with Crippen molar-refractivity contribution in [1.29, 1.82) is 0 Å². The SMILES string of the molecule is CCOC(CNC1CCCC1)COc1c(C(C)C)cc(C)cc1C(C)C1CC1. The molecule has 28 heavy (non-hydrogen) atoms. The first-order chi connectivity index (χ1) is 13.5. The Bertz CT molecular complexity index is 617. The van der Waals surface area contributed by atoms with E-state index in [9.17, 15) is 0 Å². The Morgan fingerprint density at radius 2 is 1.71 bits per heavy atom. The van der Waals surface area contributed by atoms with Crippen LogP contribution in [0.2, 0.25) is 0 Å². The molecule has 2 aliphatic rings. The summed E-state index contributed by atoms with van der Waals surface area (Å²) in [5.41, 5.74) is 4.11. The van der Waals surface area contributed by atoms with Gasteiger partial charge in [0.2, 0.25) is 0 Å². The molecule has 3 rings (SSSR count). The van der Waals surface area contributed by atoms with Crippen LogP contribution in [0.15, 0.2) is 12.1 Å². The molecule has 1 N–H and O–H groups in total. The first-order valence-electron chi connectivity index (χ1n) is 11.6. The summed E-state index contributed by atoms with van der Waals surface area (Å²) in [6.45, 7) is 13.5. The normalized spacial score (nSPS) is 19.9. The molecular formula is C25H41NO2. The lowest BCUT2D eigenvalue weighted by molar-refractivity contribution is 0.0260. The van der Waals surface area contributed by atoms with E-state index >= 15 is 0 Å². The van der Waals surface area contributed by atoms with Gasteiger partial charge in [0, 0.05) is 19.2 Å². The van der Waals surface area contributed by atoms with Crippen LogP contribution in [-0.4, -0.2) is 31.9 Å². The van der Waals surface area contributed by atoms with Gasteiger partial charge in [0.15, 0.2) is 0 Å². The predicted molar refractivity (Wildman–Crippen MR) is 118 cm³/mol. The quantitative estimate of drug-likeness (QED) is 0.509. The molecule has 1 aromatic rings. The van der Waals surface area contributed by atoms with Crippen molar-refractivity contribution in [2.75, 3.05) is 19.8 Å². The van der Waals surface area contributed by atoms with Crippen LogP contribution >= 0.6 is 0 Å². The van der Waals surface area contributed by atoms with Crippen molar-refractivity contribution in [3.8, 4) is 5.75 Å². The molecule has 3 nitrogen and oxygen atoms in total. The third-order valence-corrected chi connectivity index (χ3v) is 6.54. The maximum atomic E-state index is 6.55. The summed E-state index contributed by atoms with van der Waals surface area (Å²) in [6.07, 6.45) is 8.15. The Hall–Kier alpha value is -1.06. The molecule has 2 saturated carbocycles. The number of nitrogens with one attached hydrogen (secondary N) is 1. The summed E-state index contributed by atoms with van der Waals surface area (Å²) in [6, 6.07) is 5.34. The highest BCUT2D eigenvalue weighted by molar-refractivity contribution is 5.48. The molecule has 0 bridgehead atoms. The number of rotatable bonds is 11. The first kappa shape index (κ1) is 21.6. The second-order valence-corrected chi connectivity index (χ2v) is 9.33. The molecule has 0 radical (unpaired) electrons. The zero-order valence-electron chi connectivity index (χ0n) is 18.7. The zero-order valence-corrected chi connectivity index (χ0v) is 18.7. The van der Waals surface area contributed by atoms with E-state index in [-0.39, 0.29) is 6.10 Å². The molecule has 2 fully saturated rings. The van der Waals surface area contributed by atoms with Gasteiger partial charge < -0.3 is 14.8 Å². The predicted octanol–water partition coefficient (Wildman–Crippen LogP) is 5.95. The minimum Gasteiger partial charge on any atom is -0.490 e. The third-order valence-electron chi connectivity index (χ3n) is 6.54. The van der Waals surface area contributed by atoms with E-state index in [1.807, 2.05) is 0 Å². The summed E-state index contributed by atoms with van der Waals surface area (Å²) >= 11 is 0. The Morgan fingerprint density at radius 1 is 1.04 bits per heavy atom. The van der Waals surface area contributed by atoms with Crippen LogP contribution < -0.4 is 10.1 Å². The second-order valence-electron chi connectivity index (χ2n) is 9.33. The van der Waals surface area contributed by atoms with Gasteiger partial charge in [0.1, 0.15) is 18.5 Å². The van der Waals surface area contributed by atoms with Gasteiger partial charge in [0.05, 0.1) is 0 Å². The van der Waals surface area contributed by atoms with Crippen LogP contribution in [-0.2, 0) is 4.74 Å². The molecule has 0 aliphatic heterocycles. The van der Waals surface area contributed by atoms with Gasteiger partial charge in [-0.3, -0.25) is 0 Å². The van der Waals surface area contributed by atoms with Crippen LogP contribution in [0.25, 0.3) is 0 Å². The fraction of sp³-hybridized carbons (Fsp3) is 0.760. The Morgan fingerprint density at radius 3 is 2.32 bits per heavy atom. The smallest absolute Gasteiger partial charge is 0.126 e. The topological polar surface area (TPSA) is 30.5 Å². The van der Waals surface area contributed by atoms with E-state index in [2.05, 4.69) is 52.1 Å². The average molecular weight is 388 g/mol.